The van der Waals surface area contributed by atoms with Gasteiger partial charge in [-0.2, -0.15) is 0 Å². The van der Waals surface area contributed by atoms with E-state index >= 15 is 0 Å². The maximum Gasteiger partial charge on any atom is 0.303 e. The van der Waals surface area contributed by atoms with Crippen LogP contribution in [0.15, 0.2) is 24.4 Å². The molecule has 1 heterocycles. The molecule has 1 aromatic heterocycles. The molecule has 0 atom stereocenters. The van der Waals surface area contributed by atoms with Gasteiger partial charge in [0.1, 0.15) is 6.10 Å². The van der Waals surface area contributed by atoms with Crippen LogP contribution < -0.4 is 10.1 Å². The first-order valence-electron chi connectivity index (χ1n) is 7.95. The predicted octanol–water partition coefficient (Wildman–Crippen LogP) is 2.23. The number of nitrogens with zero attached hydrogens (tertiary/aromatic N) is 1. The van der Waals surface area contributed by atoms with Gasteiger partial charge >= 0.3 is 5.97 Å². The van der Waals surface area contributed by atoms with Crippen molar-refractivity contribution in [2.45, 2.75) is 64.2 Å². The summed E-state index contributed by atoms with van der Waals surface area (Å²) in [6.07, 6.45) is 5.21. The lowest BCUT2D eigenvalue weighted by Crippen LogP contribution is -2.50. The maximum atomic E-state index is 12.2. The third kappa shape index (κ3) is 5.23. The van der Waals surface area contributed by atoms with E-state index < -0.39 is 11.6 Å². The Labute approximate surface area is 136 Å². The van der Waals surface area contributed by atoms with Crippen molar-refractivity contribution in [3.8, 4) is 5.88 Å². The number of carbonyl (C=O) groups is 2. The minimum absolute atomic E-state index is 0.0842. The predicted molar refractivity (Wildman–Crippen MR) is 84.9 cm³/mol. The lowest BCUT2D eigenvalue weighted by atomic mass is 9.92. The van der Waals surface area contributed by atoms with Crippen LogP contribution in [-0.2, 0) is 14.3 Å². The highest BCUT2D eigenvalue weighted by Crippen LogP contribution is 2.23. The Hall–Kier alpha value is -2.11. The average Bonchev–Trinajstić information content (AvgIpc) is 2.49. The minimum atomic E-state index is -1.15. The van der Waals surface area contributed by atoms with Crippen molar-refractivity contribution in [3.63, 3.8) is 0 Å². The molecule has 6 heteroatoms. The topological polar surface area (TPSA) is 77.5 Å². The van der Waals surface area contributed by atoms with Gasteiger partial charge in [0.15, 0.2) is 5.60 Å². The van der Waals surface area contributed by atoms with E-state index in [9.17, 15) is 9.59 Å². The number of carbonyl (C=O) groups excluding carboxylic acids is 2. The normalized spacial score (nSPS) is 21.3. The summed E-state index contributed by atoms with van der Waals surface area (Å²) in [4.78, 5) is 27.4. The standard InChI is InChI=1S/C17H24N2O4/c1-12(20)23-17(2,3)16(21)19-13-7-9-14(10-8-13)22-15-6-4-5-11-18-15/h4-6,11,13-14H,7-10H2,1-3H3,(H,19,21). The van der Waals surface area contributed by atoms with E-state index in [2.05, 4.69) is 10.3 Å². The van der Waals surface area contributed by atoms with Crippen LogP contribution in [0, 0.1) is 0 Å². The van der Waals surface area contributed by atoms with Gasteiger partial charge in [0.05, 0.1) is 0 Å². The van der Waals surface area contributed by atoms with Gasteiger partial charge in [-0.3, -0.25) is 9.59 Å². The molecule has 6 nitrogen and oxygen atoms in total. The second-order valence-electron chi connectivity index (χ2n) is 6.34. The molecule has 0 aliphatic heterocycles. The minimum Gasteiger partial charge on any atom is -0.474 e. The molecule has 2 rings (SSSR count). The number of nitrogens with one attached hydrogen (secondary N) is 1. The number of amides is 1. The summed E-state index contributed by atoms with van der Waals surface area (Å²) in [5.74, 6) is -0.0876. The van der Waals surface area contributed by atoms with Gasteiger partial charge in [-0.25, -0.2) is 4.98 Å². The van der Waals surface area contributed by atoms with Crippen LogP contribution in [-0.4, -0.2) is 34.6 Å². The van der Waals surface area contributed by atoms with Crippen molar-refractivity contribution in [1.29, 1.82) is 0 Å². The monoisotopic (exact) mass is 320 g/mol. The van der Waals surface area contributed by atoms with Gasteiger partial charge < -0.3 is 14.8 Å². The third-order valence-corrected chi connectivity index (χ3v) is 3.88. The van der Waals surface area contributed by atoms with Crippen LogP contribution >= 0.6 is 0 Å². The quantitative estimate of drug-likeness (QED) is 0.842. The highest BCUT2D eigenvalue weighted by atomic mass is 16.6. The Balaban J connectivity index is 1.78. The van der Waals surface area contributed by atoms with Crippen molar-refractivity contribution in [1.82, 2.24) is 10.3 Å². The van der Waals surface area contributed by atoms with Crippen LogP contribution in [0.4, 0.5) is 0 Å². The number of esters is 1. The molecule has 1 amide bonds. The van der Waals surface area contributed by atoms with Crippen molar-refractivity contribution >= 4 is 11.9 Å². The second-order valence-corrected chi connectivity index (χ2v) is 6.34. The summed E-state index contributed by atoms with van der Waals surface area (Å²) >= 11 is 0. The molecule has 0 saturated heterocycles. The van der Waals surface area contributed by atoms with Gasteiger partial charge in [0, 0.05) is 25.2 Å². The molecular weight excluding hydrogens is 296 g/mol. The summed E-state index contributed by atoms with van der Waals surface area (Å²) in [5, 5.41) is 2.96. The number of hydrogen-bond acceptors (Lipinski definition) is 5. The summed E-state index contributed by atoms with van der Waals surface area (Å²) in [7, 11) is 0. The van der Waals surface area contributed by atoms with E-state index in [4.69, 9.17) is 9.47 Å². The molecular formula is C17H24N2O4. The highest BCUT2D eigenvalue weighted by Gasteiger charge is 2.33. The largest absolute Gasteiger partial charge is 0.474 e. The van der Waals surface area contributed by atoms with E-state index in [1.54, 1.807) is 20.0 Å². The van der Waals surface area contributed by atoms with E-state index in [1.165, 1.54) is 6.92 Å². The van der Waals surface area contributed by atoms with Crippen LogP contribution in [0.2, 0.25) is 0 Å². The zero-order valence-corrected chi connectivity index (χ0v) is 13.9. The Morgan fingerprint density at radius 1 is 1.22 bits per heavy atom. The number of rotatable bonds is 5. The zero-order valence-electron chi connectivity index (χ0n) is 13.9. The molecule has 1 aliphatic carbocycles. The van der Waals surface area contributed by atoms with Crippen molar-refractivity contribution < 1.29 is 19.1 Å². The summed E-state index contributed by atoms with van der Waals surface area (Å²) in [6.45, 7) is 4.49. The van der Waals surface area contributed by atoms with E-state index in [0.717, 1.165) is 25.7 Å². The molecule has 1 aliphatic rings. The Morgan fingerprint density at radius 2 is 1.91 bits per heavy atom. The van der Waals surface area contributed by atoms with Crippen molar-refractivity contribution in [2.75, 3.05) is 0 Å². The molecule has 0 radical (unpaired) electrons. The van der Waals surface area contributed by atoms with Gasteiger partial charge in [-0.1, -0.05) is 6.07 Å². The molecule has 1 N–H and O–H groups in total. The first-order chi connectivity index (χ1) is 10.9. The SMILES string of the molecule is CC(=O)OC(C)(C)C(=O)NC1CCC(Oc2ccccn2)CC1. The van der Waals surface area contributed by atoms with E-state index in [0.29, 0.717) is 5.88 Å². The lowest BCUT2D eigenvalue weighted by molar-refractivity contribution is -0.163. The first-order valence-corrected chi connectivity index (χ1v) is 7.95. The summed E-state index contributed by atoms with van der Waals surface area (Å²) in [6, 6.07) is 5.67. The number of ether oxygens (including phenoxy) is 2. The molecule has 1 aromatic rings. The fourth-order valence-electron chi connectivity index (χ4n) is 2.68. The van der Waals surface area contributed by atoms with Crippen LogP contribution in [0.25, 0.3) is 0 Å². The zero-order chi connectivity index (χ0) is 16.9. The first kappa shape index (κ1) is 17.2. The molecule has 0 aromatic carbocycles. The van der Waals surface area contributed by atoms with Gasteiger partial charge in [-0.05, 0) is 45.6 Å². The Morgan fingerprint density at radius 3 is 2.48 bits per heavy atom. The van der Waals surface area contributed by atoms with Crippen LogP contribution in [0.3, 0.4) is 0 Å². The molecule has 0 unspecified atom stereocenters. The molecule has 23 heavy (non-hydrogen) atoms. The van der Waals surface area contributed by atoms with Gasteiger partial charge in [0.2, 0.25) is 5.88 Å². The molecule has 0 spiro atoms. The Bertz CT molecular complexity index is 537. The van der Waals surface area contributed by atoms with Crippen molar-refractivity contribution in [2.24, 2.45) is 0 Å². The average molecular weight is 320 g/mol. The number of pyridine rings is 1. The fourth-order valence-corrected chi connectivity index (χ4v) is 2.68. The maximum absolute atomic E-state index is 12.2. The fraction of sp³-hybridized carbons (Fsp3) is 0.588. The highest BCUT2D eigenvalue weighted by molar-refractivity contribution is 5.86. The summed E-state index contributed by atoms with van der Waals surface area (Å²) in [5.41, 5.74) is -1.15. The lowest BCUT2D eigenvalue weighted by Gasteiger charge is -2.31. The van der Waals surface area contributed by atoms with Gasteiger partial charge in [-0.15, -0.1) is 0 Å². The molecule has 1 fully saturated rings. The van der Waals surface area contributed by atoms with Crippen LogP contribution in [0.5, 0.6) is 5.88 Å². The van der Waals surface area contributed by atoms with E-state index in [-0.39, 0.29) is 18.1 Å². The van der Waals surface area contributed by atoms with Crippen molar-refractivity contribution in [3.05, 3.63) is 24.4 Å². The van der Waals surface area contributed by atoms with Crippen LogP contribution in [0.1, 0.15) is 46.5 Å². The Kier molecular flexibility index (Phi) is 5.58. The summed E-state index contributed by atoms with van der Waals surface area (Å²) < 4.78 is 10.9. The molecule has 1 saturated carbocycles. The smallest absolute Gasteiger partial charge is 0.303 e. The molecule has 126 valence electrons. The second kappa shape index (κ2) is 7.44. The molecule has 0 bridgehead atoms. The number of aromatic nitrogens is 1. The van der Waals surface area contributed by atoms with E-state index in [1.807, 2.05) is 18.2 Å². The number of hydrogen-bond donors (Lipinski definition) is 1. The van der Waals surface area contributed by atoms with Gasteiger partial charge in [0.25, 0.3) is 5.91 Å². The third-order valence-electron chi connectivity index (χ3n) is 3.88.